The third-order valence-electron chi connectivity index (χ3n) is 5.74. The maximum atomic E-state index is 10.7. The largest absolute Gasteiger partial charge is 0.390 e. The summed E-state index contributed by atoms with van der Waals surface area (Å²) in [6.45, 7) is 1.18. The van der Waals surface area contributed by atoms with Crippen LogP contribution in [0.4, 0.5) is 0 Å². The standard InChI is InChI=1S/C22H24N4O/c27-17(13-23-16-10-9-15-12-24-25-20(15)11-16)14-26-21-7-3-1-5-18(21)19-6-2-4-8-22(19)26/h1-8,12,16-17,23,27H,9-11,13-14H2,(H,24,25). The first-order valence-corrected chi connectivity index (χ1v) is 9.68. The van der Waals surface area contributed by atoms with Crippen molar-refractivity contribution in [3.8, 4) is 0 Å². The van der Waals surface area contributed by atoms with Crippen molar-refractivity contribution in [1.29, 1.82) is 0 Å². The van der Waals surface area contributed by atoms with Crippen molar-refractivity contribution in [2.45, 2.75) is 38.0 Å². The molecule has 0 radical (unpaired) electrons. The van der Waals surface area contributed by atoms with Crippen molar-refractivity contribution in [2.75, 3.05) is 6.54 Å². The zero-order valence-electron chi connectivity index (χ0n) is 15.2. The van der Waals surface area contributed by atoms with E-state index in [1.54, 1.807) is 0 Å². The van der Waals surface area contributed by atoms with Crippen molar-refractivity contribution in [1.82, 2.24) is 20.1 Å². The third-order valence-corrected chi connectivity index (χ3v) is 5.74. The summed E-state index contributed by atoms with van der Waals surface area (Å²) in [4.78, 5) is 0. The van der Waals surface area contributed by atoms with E-state index in [0.717, 1.165) is 19.3 Å². The van der Waals surface area contributed by atoms with Gasteiger partial charge in [-0.15, -0.1) is 0 Å². The molecule has 0 saturated carbocycles. The van der Waals surface area contributed by atoms with Gasteiger partial charge in [-0.3, -0.25) is 5.10 Å². The lowest BCUT2D eigenvalue weighted by atomic mass is 9.94. The molecule has 2 atom stereocenters. The number of hydrogen-bond acceptors (Lipinski definition) is 3. The van der Waals surface area contributed by atoms with Crippen molar-refractivity contribution in [3.63, 3.8) is 0 Å². The Balaban J connectivity index is 1.32. The average Bonchev–Trinajstić information content (AvgIpc) is 3.30. The molecule has 2 aromatic heterocycles. The van der Waals surface area contributed by atoms with E-state index in [9.17, 15) is 5.11 Å². The van der Waals surface area contributed by atoms with E-state index < -0.39 is 6.10 Å². The van der Waals surface area contributed by atoms with Gasteiger partial charge >= 0.3 is 0 Å². The van der Waals surface area contributed by atoms with Crippen LogP contribution < -0.4 is 5.32 Å². The predicted molar refractivity (Wildman–Crippen MR) is 108 cm³/mol. The van der Waals surface area contributed by atoms with Gasteiger partial charge < -0.3 is 15.0 Å². The van der Waals surface area contributed by atoms with E-state index in [4.69, 9.17) is 0 Å². The van der Waals surface area contributed by atoms with E-state index >= 15 is 0 Å². The fraction of sp³-hybridized carbons (Fsp3) is 0.318. The second kappa shape index (κ2) is 6.83. The molecule has 0 aliphatic heterocycles. The molecular weight excluding hydrogens is 336 g/mol. The van der Waals surface area contributed by atoms with Gasteiger partial charge in [0.05, 0.1) is 18.8 Å². The topological polar surface area (TPSA) is 65.9 Å². The van der Waals surface area contributed by atoms with Crippen LogP contribution in [0, 0.1) is 0 Å². The summed E-state index contributed by atoms with van der Waals surface area (Å²) in [5.74, 6) is 0. The quantitative estimate of drug-likeness (QED) is 0.513. The van der Waals surface area contributed by atoms with Gasteiger partial charge in [0, 0.05) is 46.5 Å². The Labute approximate surface area is 158 Å². The van der Waals surface area contributed by atoms with Crippen LogP contribution >= 0.6 is 0 Å². The molecule has 1 aliphatic rings. The van der Waals surface area contributed by atoms with Crippen LogP contribution in [0.15, 0.2) is 54.7 Å². The number of nitrogens with one attached hydrogen (secondary N) is 2. The molecule has 0 saturated heterocycles. The summed E-state index contributed by atoms with van der Waals surface area (Å²) in [5.41, 5.74) is 4.92. The van der Waals surface area contributed by atoms with Gasteiger partial charge in [-0.25, -0.2) is 0 Å². The van der Waals surface area contributed by atoms with Crippen molar-refractivity contribution in [2.24, 2.45) is 0 Å². The lowest BCUT2D eigenvalue weighted by Gasteiger charge is -2.24. The Hall–Kier alpha value is -2.63. The third kappa shape index (κ3) is 3.03. The molecule has 0 spiro atoms. The first-order chi connectivity index (χ1) is 13.3. The number of aliphatic hydroxyl groups excluding tert-OH is 1. The summed E-state index contributed by atoms with van der Waals surface area (Å²) in [6.07, 6.45) is 4.59. The van der Waals surface area contributed by atoms with Gasteiger partial charge in [0.1, 0.15) is 0 Å². The van der Waals surface area contributed by atoms with E-state index in [-0.39, 0.29) is 0 Å². The predicted octanol–water partition coefficient (Wildman–Crippen LogP) is 3.03. The van der Waals surface area contributed by atoms with Gasteiger partial charge in [0.2, 0.25) is 0 Å². The number of aryl methyl sites for hydroxylation is 1. The van der Waals surface area contributed by atoms with E-state index in [2.05, 4.69) is 68.6 Å². The molecule has 0 bridgehead atoms. The molecule has 2 heterocycles. The molecule has 0 fully saturated rings. The molecule has 0 amide bonds. The van der Waals surface area contributed by atoms with E-state index in [0.29, 0.717) is 19.1 Å². The molecule has 2 unspecified atom stereocenters. The summed E-state index contributed by atoms with van der Waals surface area (Å²) < 4.78 is 2.24. The minimum absolute atomic E-state index is 0.394. The van der Waals surface area contributed by atoms with Crippen molar-refractivity contribution < 1.29 is 5.11 Å². The highest BCUT2D eigenvalue weighted by Gasteiger charge is 2.21. The first-order valence-electron chi connectivity index (χ1n) is 9.68. The zero-order chi connectivity index (χ0) is 18.2. The lowest BCUT2D eigenvalue weighted by Crippen LogP contribution is -2.40. The van der Waals surface area contributed by atoms with Crippen LogP contribution in [0.1, 0.15) is 17.7 Å². The van der Waals surface area contributed by atoms with Gasteiger partial charge in [0.15, 0.2) is 0 Å². The summed E-state index contributed by atoms with van der Waals surface area (Å²) in [7, 11) is 0. The number of fused-ring (bicyclic) bond motifs is 4. The number of hydrogen-bond donors (Lipinski definition) is 3. The number of nitrogens with zero attached hydrogens (tertiary/aromatic N) is 2. The van der Waals surface area contributed by atoms with Crippen molar-refractivity contribution >= 4 is 21.8 Å². The Morgan fingerprint density at radius 1 is 1.11 bits per heavy atom. The highest BCUT2D eigenvalue weighted by Crippen LogP contribution is 2.28. The smallest absolute Gasteiger partial charge is 0.0843 e. The molecule has 5 rings (SSSR count). The number of rotatable bonds is 5. The highest BCUT2D eigenvalue weighted by atomic mass is 16.3. The summed E-state index contributed by atoms with van der Waals surface area (Å²) >= 11 is 0. The molecule has 5 heteroatoms. The Morgan fingerprint density at radius 2 is 1.81 bits per heavy atom. The minimum Gasteiger partial charge on any atom is -0.390 e. The Bertz CT molecular complexity index is 1030. The summed E-state index contributed by atoms with van der Waals surface area (Å²) in [5, 5.41) is 24.0. The maximum Gasteiger partial charge on any atom is 0.0843 e. The van der Waals surface area contributed by atoms with Gasteiger partial charge in [-0.05, 0) is 30.5 Å². The number of para-hydroxylation sites is 2. The molecule has 5 nitrogen and oxygen atoms in total. The minimum atomic E-state index is -0.438. The molecule has 4 aromatic rings. The molecule has 3 N–H and O–H groups in total. The first kappa shape index (κ1) is 16.5. The number of aromatic amines is 1. The number of aromatic nitrogens is 3. The zero-order valence-corrected chi connectivity index (χ0v) is 15.2. The van der Waals surface area contributed by atoms with E-state index in [1.165, 1.54) is 33.1 Å². The van der Waals surface area contributed by atoms with Gasteiger partial charge in [-0.1, -0.05) is 36.4 Å². The lowest BCUT2D eigenvalue weighted by molar-refractivity contribution is 0.149. The number of benzene rings is 2. The number of aliphatic hydroxyl groups is 1. The second-order valence-corrected chi connectivity index (χ2v) is 7.52. The van der Waals surface area contributed by atoms with E-state index in [1.807, 2.05) is 6.20 Å². The highest BCUT2D eigenvalue weighted by molar-refractivity contribution is 6.07. The molecule has 2 aromatic carbocycles. The van der Waals surface area contributed by atoms with Gasteiger partial charge in [0.25, 0.3) is 0 Å². The number of H-pyrrole nitrogens is 1. The van der Waals surface area contributed by atoms with Crippen molar-refractivity contribution in [3.05, 3.63) is 66.0 Å². The second-order valence-electron chi connectivity index (χ2n) is 7.52. The molecular formula is C22H24N4O. The van der Waals surface area contributed by atoms with Gasteiger partial charge in [-0.2, -0.15) is 5.10 Å². The fourth-order valence-electron chi connectivity index (χ4n) is 4.36. The van der Waals surface area contributed by atoms with Crippen LogP contribution in [-0.2, 0) is 19.4 Å². The maximum absolute atomic E-state index is 10.7. The van der Waals surface area contributed by atoms with Crippen LogP contribution in [0.5, 0.6) is 0 Å². The molecule has 1 aliphatic carbocycles. The van der Waals surface area contributed by atoms with Crippen LogP contribution in [-0.4, -0.2) is 38.6 Å². The summed E-state index contributed by atoms with van der Waals surface area (Å²) in [6, 6.07) is 17.2. The average molecular weight is 360 g/mol. The fourth-order valence-corrected chi connectivity index (χ4v) is 4.36. The molecule has 27 heavy (non-hydrogen) atoms. The Kier molecular flexibility index (Phi) is 4.19. The molecule has 138 valence electrons. The normalized spacial score (nSPS) is 18.0. The Morgan fingerprint density at radius 3 is 2.56 bits per heavy atom. The SMILES string of the molecule is OC(CNC1CCc2cn[nH]c2C1)Cn1c2ccccc2c2ccccc21. The monoisotopic (exact) mass is 360 g/mol. The van der Waals surface area contributed by atoms with Crippen LogP contribution in [0.2, 0.25) is 0 Å². The van der Waals surface area contributed by atoms with Crippen LogP contribution in [0.25, 0.3) is 21.8 Å². The van der Waals surface area contributed by atoms with Crippen LogP contribution in [0.3, 0.4) is 0 Å².